The highest BCUT2D eigenvalue weighted by molar-refractivity contribution is 7.99. The van der Waals surface area contributed by atoms with Gasteiger partial charge in [-0.1, -0.05) is 25.1 Å². The van der Waals surface area contributed by atoms with Crippen LogP contribution in [0.4, 0.5) is 5.82 Å². The predicted molar refractivity (Wildman–Crippen MR) is 87.0 cm³/mol. The quantitative estimate of drug-likeness (QED) is 0.799. The molecule has 1 atom stereocenters. The zero-order chi connectivity index (χ0) is 14.4. The molecule has 2 rings (SSSR count). The highest BCUT2D eigenvalue weighted by atomic mass is 32.2. The number of aryl methyl sites for hydroxylation is 1. The lowest BCUT2D eigenvalue weighted by atomic mass is 10.0. The molecule has 3 N–H and O–H groups in total. The second kappa shape index (κ2) is 7.31. The van der Waals surface area contributed by atoms with E-state index in [0.29, 0.717) is 5.82 Å². The van der Waals surface area contributed by atoms with E-state index in [9.17, 15) is 0 Å². The molecular weight excluding hydrogens is 266 g/mol. The molecule has 0 aliphatic heterocycles. The van der Waals surface area contributed by atoms with E-state index in [0.717, 1.165) is 17.9 Å². The molecule has 0 spiro atoms. The van der Waals surface area contributed by atoms with Gasteiger partial charge >= 0.3 is 0 Å². The third kappa shape index (κ3) is 3.74. The first-order valence-corrected chi connectivity index (χ1v) is 7.83. The van der Waals surface area contributed by atoms with E-state index in [1.165, 1.54) is 10.5 Å². The van der Waals surface area contributed by atoms with Crippen molar-refractivity contribution in [2.24, 2.45) is 0 Å². The molecule has 0 aliphatic rings. The van der Waals surface area contributed by atoms with E-state index >= 15 is 0 Å². The number of hydrogen-bond donors (Lipinski definition) is 2. The second-order valence-corrected chi connectivity index (χ2v) is 5.75. The number of hydrogen-bond acceptors (Lipinski definition) is 4. The number of nitrogen functional groups attached to an aromatic ring is 1. The molecule has 4 heteroatoms. The first-order chi connectivity index (χ1) is 9.72. The van der Waals surface area contributed by atoms with Gasteiger partial charge in [0, 0.05) is 28.5 Å². The van der Waals surface area contributed by atoms with Crippen LogP contribution in [-0.2, 0) is 0 Å². The van der Waals surface area contributed by atoms with Gasteiger partial charge in [-0.25, -0.2) is 4.98 Å². The van der Waals surface area contributed by atoms with Gasteiger partial charge in [0.1, 0.15) is 5.82 Å². The Balaban J connectivity index is 2.15. The maximum atomic E-state index is 6.06. The minimum Gasteiger partial charge on any atom is -0.383 e. The summed E-state index contributed by atoms with van der Waals surface area (Å²) in [5.41, 5.74) is 8.38. The van der Waals surface area contributed by atoms with Crippen LogP contribution in [0.1, 0.15) is 24.1 Å². The van der Waals surface area contributed by atoms with E-state index in [1.807, 2.05) is 23.9 Å². The van der Waals surface area contributed by atoms with Crippen LogP contribution in [0.15, 0.2) is 47.5 Å². The van der Waals surface area contributed by atoms with Crippen LogP contribution >= 0.6 is 11.8 Å². The Morgan fingerprint density at radius 1 is 1.25 bits per heavy atom. The summed E-state index contributed by atoms with van der Waals surface area (Å²) in [5, 5.41) is 3.51. The molecule has 106 valence electrons. The Hall–Kier alpha value is -1.52. The number of aromatic nitrogens is 1. The molecule has 2 aromatic rings. The molecule has 0 radical (unpaired) electrons. The zero-order valence-electron chi connectivity index (χ0n) is 12.0. The number of nitrogens with one attached hydrogen (secondary N) is 1. The molecule has 1 aromatic carbocycles. The third-order valence-corrected chi connectivity index (χ3v) is 4.30. The normalized spacial score (nSPS) is 12.3. The molecule has 0 bridgehead atoms. The Kier molecular flexibility index (Phi) is 5.44. The molecule has 0 amide bonds. The number of benzene rings is 1. The topological polar surface area (TPSA) is 50.9 Å². The first kappa shape index (κ1) is 14.9. The van der Waals surface area contributed by atoms with Crippen LogP contribution in [0.25, 0.3) is 0 Å². The number of nitrogens with zero attached hydrogens (tertiary/aromatic N) is 1. The molecule has 0 fully saturated rings. The predicted octanol–water partition coefficient (Wildman–Crippen LogP) is 3.42. The Morgan fingerprint density at radius 3 is 2.65 bits per heavy atom. The fourth-order valence-electron chi connectivity index (χ4n) is 2.23. The molecule has 0 aliphatic carbocycles. The second-order valence-electron chi connectivity index (χ2n) is 4.66. The van der Waals surface area contributed by atoms with Crippen molar-refractivity contribution in [3.8, 4) is 0 Å². The number of thioether (sulfide) groups is 1. The van der Waals surface area contributed by atoms with E-state index in [4.69, 9.17) is 5.73 Å². The number of nitrogens with two attached hydrogens (primary N) is 1. The van der Waals surface area contributed by atoms with Crippen molar-refractivity contribution in [2.45, 2.75) is 24.8 Å². The maximum absolute atomic E-state index is 6.06. The minimum absolute atomic E-state index is 0.221. The zero-order valence-corrected chi connectivity index (χ0v) is 12.8. The number of pyridine rings is 1. The lowest BCUT2D eigenvalue weighted by Gasteiger charge is -2.21. The summed E-state index contributed by atoms with van der Waals surface area (Å²) in [7, 11) is 0. The van der Waals surface area contributed by atoms with Gasteiger partial charge in [-0.2, -0.15) is 0 Å². The van der Waals surface area contributed by atoms with Crippen LogP contribution in [-0.4, -0.2) is 17.3 Å². The smallest absolute Gasteiger partial charge is 0.128 e. The number of rotatable bonds is 6. The average molecular weight is 287 g/mol. The molecule has 1 unspecified atom stereocenters. The standard InChI is InChI=1S/C16H21N3S/c1-3-18-14(11-20-13-7-5-4-6-8-13)15-12(2)9-10-19-16(15)17/h4-10,14,18H,3,11H2,1-2H3,(H2,17,19). The Labute approximate surface area is 125 Å². The summed E-state index contributed by atoms with van der Waals surface area (Å²) in [6.45, 7) is 5.11. The average Bonchev–Trinajstić information content (AvgIpc) is 2.45. The molecule has 1 heterocycles. The van der Waals surface area contributed by atoms with Gasteiger partial charge in [-0.3, -0.25) is 0 Å². The van der Waals surface area contributed by atoms with Gasteiger partial charge in [0.2, 0.25) is 0 Å². The molecule has 3 nitrogen and oxygen atoms in total. The fraction of sp³-hybridized carbons (Fsp3) is 0.312. The Morgan fingerprint density at radius 2 is 2.00 bits per heavy atom. The summed E-state index contributed by atoms with van der Waals surface area (Å²) < 4.78 is 0. The summed E-state index contributed by atoms with van der Waals surface area (Å²) in [6.07, 6.45) is 1.77. The van der Waals surface area contributed by atoms with Crippen molar-refractivity contribution in [3.63, 3.8) is 0 Å². The molecule has 0 saturated heterocycles. The molecule has 1 aromatic heterocycles. The summed E-state index contributed by atoms with van der Waals surface area (Å²) in [6, 6.07) is 12.7. The van der Waals surface area contributed by atoms with Crippen LogP contribution in [0.3, 0.4) is 0 Å². The monoisotopic (exact) mass is 287 g/mol. The minimum atomic E-state index is 0.221. The lowest BCUT2D eigenvalue weighted by molar-refractivity contribution is 0.603. The van der Waals surface area contributed by atoms with Gasteiger partial charge in [-0.15, -0.1) is 11.8 Å². The van der Waals surface area contributed by atoms with Crippen molar-refractivity contribution < 1.29 is 0 Å². The van der Waals surface area contributed by atoms with Crippen molar-refractivity contribution in [2.75, 3.05) is 18.0 Å². The SMILES string of the molecule is CCNC(CSc1ccccc1)c1c(C)ccnc1N. The van der Waals surface area contributed by atoms with Crippen LogP contribution in [0, 0.1) is 6.92 Å². The van der Waals surface area contributed by atoms with Crippen molar-refractivity contribution >= 4 is 17.6 Å². The van der Waals surface area contributed by atoms with Gasteiger partial charge in [-0.05, 0) is 37.2 Å². The number of anilines is 1. The van der Waals surface area contributed by atoms with Crippen molar-refractivity contribution in [1.29, 1.82) is 0 Å². The molecule has 0 saturated carbocycles. The Bertz CT molecular complexity index is 522. The van der Waals surface area contributed by atoms with Crippen molar-refractivity contribution in [3.05, 3.63) is 53.7 Å². The largest absolute Gasteiger partial charge is 0.383 e. The van der Waals surface area contributed by atoms with Gasteiger partial charge in [0.05, 0.1) is 0 Å². The molecule has 20 heavy (non-hydrogen) atoms. The van der Waals surface area contributed by atoms with E-state index in [1.54, 1.807) is 6.20 Å². The third-order valence-electron chi connectivity index (χ3n) is 3.20. The van der Waals surface area contributed by atoms with E-state index in [2.05, 4.69) is 48.4 Å². The van der Waals surface area contributed by atoms with Crippen molar-refractivity contribution in [1.82, 2.24) is 10.3 Å². The van der Waals surface area contributed by atoms with Crippen LogP contribution in [0.2, 0.25) is 0 Å². The van der Waals surface area contributed by atoms with Crippen LogP contribution < -0.4 is 11.1 Å². The lowest BCUT2D eigenvalue weighted by Crippen LogP contribution is -2.25. The van der Waals surface area contributed by atoms with Crippen LogP contribution in [0.5, 0.6) is 0 Å². The van der Waals surface area contributed by atoms with E-state index in [-0.39, 0.29) is 6.04 Å². The summed E-state index contributed by atoms with van der Waals surface area (Å²) in [5.74, 6) is 1.57. The summed E-state index contributed by atoms with van der Waals surface area (Å²) in [4.78, 5) is 5.50. The van der Waals surface area contributed by atoms with E-state index < -0.39 is 0 Å². The summed E-state index contributed by atoms with van der Waals surface area (Å²) >= 11 is 1.83. The maximum Gasteiger partial charge on any atom is 0.128 e. The highest BCUT2D eigenvalue weighted by Crippen LogP contribution is 2.28. The van der Waals surface area contributed by atoms with Gasteiger partial charge in [0.25, 0.3) is 0 Å². The first-order valence-electron chi connectivity index (χ1n) is 6.84. The van der Waals surface area contributed by atoms with Gasteiger partial charge < -0.3 is 11.1 Å². The molecular formula is C16H21N3S. The fourth-order valence-corrected chi connectivity index (χ4v) is 3.22. The highest BCUT2D eigenvalue weighted by Gasteiger charge is 2.16. The van der Waals surface area contributed by atoms with Gasteiger partial charge in [0.15, 0.2) is 0 Å².